The molecule has 0 unspecified atom stereocenters. The van der Waals surface area contributed by atoms with Gasteiger partial charge in [-0.15, -0.1) is 0 Å². The predicted octanol–water partition coefficient (Wildman–Crippen LogP) is 3.46. The predicted molar refractivity (Wildman–Crippen MR) is 86.6 cm³/mol. The minimum Gasteiger partial charge on any atom is -0.305 e. The van der Waals surface area contributed by atoms with Crippen LogP contribution in [0.5, 0.6) is 0 Å². The maximum atomic E-state index is 11.1. The lowest BCUT2D eigenvalue weighted by molar-refractivity contribution is -0.106. The van der Waals surface area contributed by atoms with Gasteiger partial charge in [0, 0.05) is 46.0 Å². The fraction of sp³-hybridized carbons (Fsp3) is 0.636. The second-order valence-electron chi connectivity index (χ2n) is 4.47. The van der Waals surface area contributed by atoms with Gasteiger partial charge in [-0.25, -0.2) is 0 Å². The number of hydrogen-bond acceptors (Lipinski definition) is 3. The molecule has 1 N–H and O–H groups in total. The Morgan fingerprint density at radius 3 is 2.25 bits per heavy atom. The zero-order valence-corrected chi connectivity index (χ0v) is 14.6. The van der Waals surface area contributed by atoms with Crippen LogP contribution >= 0.6 is 45.2 Å². The first-order valence-electron chi connectivity index (χ1n) is 5.05. The lowest BCUT2D eigenvalue weighted by Gasteiger charge is -2.24. The Morgan fingerprint density at radius 2 is 1.88 bits per heavy atom. The number of rotatable bonds is 5. The van der Waals surface area contributed by atoms with Gasteiger partial charge < -0.3 is 5.32 Å². The molecule has 0 bridgehead atoms. The quantitative estimate of drug-likeness (QED) is 0.230. The summed E-state index contributed by atoms with van der Waals surface area (Å²) in [5.41, 5.74) is 0.525. The van der Waals surface area contributed by atoms with Crippen LogP contribution in [-0.4, -0.2) is 21.6 Å². The Balaban J connectivity index is 4.72. The maximum absolute atomic E-state index is 11.1. The van der Waals surface area contributed by atoms with E-state index in [1.54, 1.807) is 29.5 Å². The summed E-state index contributed by atoms with van der Waals surface area (Å²) in [7, 11) is 0. The number of allylic oxidation sites excluding steroid dienone is 1. The highest BCUT2D eigenvalue weighted by Crippen LogP contribution is 2.17. The first-order valence-corrected chi connectivity index (χ1v) is 7.20. The summed E-state index contributed by atoms with van der Waals surface area (Å²) >= 11 is 3.86. The van der Waals surface area contributed by atoms with E-state index >= 15 is 0 Å². The first kappa shape index (κ1) is 16.5. The number of hydrogen-bond donors (Lipinski definition) is 1. The van der Waals surface area contributed by atoms with E-state index in [1.165, 1.54) is 0 Å². The van der Waals surface area contributed by atoms with Crippen molar-refractivity contribution in [2.75, 3.05) is 0 Å². The molecule has 0 saturated heterocycles. The number of nitrogens with one attached hydrogen (secondary N) is 1. The average molecular weight is 448 g/mol. The Labute approximate surface area is 125 Å². The number of carbonyl (C=O) groups excluding carboxylic acids is 1. The number of aliphatic imine (C=N–C) groups is 1. The fourth-order valence-corrected chi connectivity index (χ4v) is 2.33. The van der Waals surface area contributed by atoms with Gasteiger partial charge in [-0.2, -0.15) is 0 Å². The molecular formula is C11H18I2N2O. The fourth-order valence-electron chi connectivity index (χ4n) is 1.18. The standard InChI is InChI=1S/C11H18I2N2O/c1-7(2)15-11(4,5)6-14-9(12)8(3)10(13)16/h6-7,15H,1-5H3/b9-8+,14-6?. The number of nitrogens with zero attached hydrogens (tertiary/aromatic N) is 1. The third-order valence-corrected chi connectivity index (χ3v) is 3.66. The number of carbonyl (C=O) groups is 1. The Bertz CT molecular complexity index is 320. The summed E-state index contributed by atoms with van der Waals surface area (Å²) in [6.45, 7) is 10.1. The molecule has 0 aromatic heterocycles. The summed E-state index contributed by atoms with van der Waals surface area (Å²) < 4.78 is 0.782. The monoisotopic (exact) mass is 448 g/mol. The van der Waals surface area contributed by atoms with Crippen molar-refractivity contribution >= 4 is 55.2 Å². The van der Waals surface area contributed by atoms with Gasteiger partial charge in [-0.05, 0) is 43.4 Å². The summed E-state index contributed by atoms with van der Waals surface area (Å²) in [6.07, 6.45) is 1.85. The van der Waals surface area contributed by atoms with Crippen LogP contribution in [0.4, 0.5) is 0 Å². The largest absolute Gasteiger partial charge is 0.305 e. The molecule has 0 fully saturated rings. The van der Waals surface area contributed by atoms with Crippen molar-refractivity contribution in [1.82, 2.24) is 5.32 Å². The minimum absolute atomic E-state index is 0.0359. The van der Waals surface area contributed by atoms with Gasteiger partial charge in [0.1, 0.15) is 3.70 Å². The van der Waals surface area contributed by atoms with Gasteiger partial charge >= 0.3 is 0 Å². The van der Waals surface area contributed by atoms with Gasteiger partial charge in [0.2, 0.25) is 3.79 Å². The van der Waals surface area contributed by atoms with Crippen LogP contribution in [0.15, 0.2) is 14.3 Å². The van der Waals surface area contributed by atoms with E-state index < -0.39 is 0 Å². The zero-order chi connectivity index (χ0) is 12.9. The van der Waals surface area contributed by atoms with Gasteiger partial charge in [0.05, 0.1) is 0 Å². The van der Waals surface area contributed by atoms with Crippen LogP contribution in [0.2, 0.25) is 0 Å². The summed E-state index contributed by atoms with van der Waals surface area (Å²) in [6, 6.07) is 0.399. The van der Waals surface area contributed by atoms with Crippen molar-refractivity contribution in [3.05, 3.63) is 9.28 Å². The highest BCUT2D eigenvalue weighted by atomic mass is 127. The van der Waals surface area contributed by atoms with Crippen LogP contribution in [0.25, 0.3) is 0 Å². The third kappa shape index (κ3) is 6.95. The molecule has 0 heterocycles. The molecule has 0 aromatic carbocycles. The Hall–Kier alpha value is 0.500. The molecule has 0 amide bonds. The lowest BCUT2D eigenvalue weighted by Crippen LogP contribution is -2.44. The average Bonchev–Trinajstić information content (AvgIpc) is 2.10. The van der Waals surface area contributed by atoms with Gasteiger partial charge in [0.15, 0.2) is 0 Å². The topological polar surface area (TPSA) is 41.5 Å². The smallest absolute Gasteiger partial charge is 0.220 e. The summed E-state index contributed by atoms with van der Waals surface area (Å²) in [4.78, 5) is 15.4. The van der Waals surface area contributed by atoms with Crippen molar-refractivity contribution in [1.29, 1.82) is 0 Å². The summed E-state index contributed by atoms with van der Waals surface area (Å²) in [5.74, 6) is 0. The normalized spacial score (nSPS) is 14.5. The molecule has 16 heavy (non-hydrogen) atoms. The molecule has 0 atom stereocenters. The molecule has 0 rings (SSSR count). The molecule has 0 aliphatic carbocycles. The van der Waals surface area contributed by atoms with E-state index in [0.29, 0.717) is 11.6 Å². The lowest BCUT2D eigenvalue weighted by atomic mass is 10.1. The van der Waals surface area contributed by atoms with E-state index in [0.717, 1.165) is 3.70 Å². The van der Waals surface area contributed by atoms with Crippen molar-refractivity contribution in [3.8, 4) is 0 Å². The van der Waals surface area contributed by atoms with E-state index in [2.05, 4.69) is 60.6 Å². The molecule has 3 nitrogen and oxygen atoms in total. The molecule has 0 aromatic rings. The van der Waals surface area contributed by atoms with E-state index in [-0.39, 0.29) is 9.33 Å². The minimum atomic E-state index is -0.167. The van der Waals surface area contributed by atoms with Crippen LogP contribution < -0.4 is 5.32 Å². The molecular weight excluding hydrogens is 430 g/mol. The first-order chi connectivity index (χ1) is 7.15. The second-order valence-corrected chi connectivity index (χ2v) is 6.47. The Morgan fingerprint density at radius 1 is 1.38 bits per heavy atom. The molecule has 0 radical (unpaired) electrons. The van der Waals surface area contributed by atoms with E-state index in [4.69, 9.17) is 0 Å². The zero-order valence-electron chi connectivity index (χ0n) is 10.3. The molecule has 0 aliphatic rings. The van der Waals surface area contributed by atoms with Crippen molar-refractivity contribution in [2.24, 2.45) is 4.99 Å². The summed E-state index contributed by atoms with van der Waals surface area (Å²) in [5, 5.41) is 3.38. The van der Waals surface area contributed by atoms with Gasteiger partial charge in [0.25, 0.3) is 0 Å². The van der Waals surface area contributed by atoms with Crippen molar-refractivity contribution in [3.63, 3.8) is 0 Å². The highest BCUT2D eigenvalue weighted by molar-refractivity contribution is 14.1. The number of halogens is 2. The van der Waals surface area contributed by atoms with Gasteiger partial charge in [-0.1, -0.05) is 13.8 Å². The molecule has 0 saturated carbocycles. The molecule has 0 aliphatic heterocycles. The highest BCUT2D eigenvalue weighted by Gasteiger charge is 2.15. The van der Waals surface area contributed by atoms with Gasteiger partial charge in [-0.3, -0.25) is 9.79 Å². The van der Waals surface area contributed by atoms with Crippen LogP contribution in [0.1, 0.15) is 34.6 Å². The maximum Gasteiger partial charge on any atom is 0.220 e. The van der Waals surface area contributed by atoms with Crippen LogP contribution in [0, 0.1) is 0 Å². The van der Waals surface area contributed by atoms with Crippen molar-refractivity contribution in [2.45, 2.75) is 46.2 Å². The van der Waals surface area contributed by atoms with Crippen molar-refractivity contribution < 1.29 is 4.79 Å². The van der Waals surface area contributed by atoms with E-state index in [9.17, 15) is 4.79 Å². The van der Waals surface area contributed by atoms with Crippen LogP contribution in [-0.2, 0) is 4.79 Å². The second kappa shape index (κ2) is 7.05. The molecule has 5 heteroatoms. The molecule has 92 valence electrons. The molecule has 0 spiro atoms. The van der Waals surface area contributed by atoms with Crippen LogP contribution in [0.3, 0.4) is 0 Å². The Kier molecular flexibility index (Phi) is 7.27. The SMILES string of the molecule is C/C(C(=O)I)=C(/I)N=CC(C)(C)NC(C)C. The third-order valence-electron chi connectivity index (χ3n) is 1.77. The van der Waals surface area contributed by atoms with E-state index in [1.807, 2.05) is 6.21 Å².